The van der Waals surface area contributed by atoms with Gasteiger partial charge in [0.25, 0.3) is 0 Å². The van der Waals surface area contributed by atoms with E-state index in [0.717, 1.165) is 43.4 Å². The van der Waals surface area contributed by atoms with Crippen molar-refractivity contribution in [1.82, 2.24) is 4.90 Å². The zero-order chi connectivity index (χ0) is 20.2. The molecule has 146 valence electrons. The Morgan fingerprint density at radius 2 is 1.69 bits per heavy atom. The highest BCUT2D eigenvalue weighted by molar-refractivity contribution is 6.30. The highest BCUT2D eigenvalue weighted by Crippen LogP contribution is 2.28. The largest absolute Gasteiger partial charge is 0.398 e. The standard InChI is InChI=1S/C24H23ClN4/c25-21-7-9-23(18-4-2-1-3-5-18)20(14-21)17-28-10-12-29(13-11-28)22-8-6-19(16-26)24(27)15-22/h1-9,14-15H,10-13,17,27H2. The number of hydrogen-bond donors (Lipinski definition) is 1. The average Bonchev–Trinajstić information content (AvgIpc) is 2.75. The van der Waals surface area contributed by atoms with E-state index in [1.54, 1.807) is 6.07 Å². The van der Waals surface area contributed by atoms with Gasteiger partial charge < -0.3 is 10.6 Å². The third kappa shape index (κ3) is 4.37. The van der Waals surface area contributed by atoms with Crippen LogP contribution in [0.25, 0.3) is 11.1 Å². The van der Waals surface area contributed by atoms with Crippen LogP contribution in [0.5, 0.6) is 0 Å². The van der Waals surface area contributed by atoms with Gasteiger partial charge in [0.05, 0.1) is 11.3 Å². The maximum atomic E-state index is 9.06. The Labute approximate surface area is 176 Å². The van der Waals surface area contributed by atoms with E-state index in [0.29, 0.717) is 11.3 Å². The lowest BCUT2D eigenvalue weighted by Gasteiger charge is -2.36. The number of anilines is 2. The number of rotatable bonds is 4. The summed E-state index contributed by atoms with van der Waals surface area (Å²) in [5, 5.41) is 9.83. The van der Waals surface area contributed by atoms with Gasteiger partial charge in [-0.05, 0) is 47.0 Å². The molecule has 0 amide bonds. The fourth-order valence-corrected chi connectivity index (χ4v) is 4.04. The van der Waals surface area contributed by atoms with Crippen molar-refractivity contribution in [2.75, 3.05) is 36.8 Å². The molecule has 29 heavy (non-hydrogen) atoms. The number of nitriles is 1. The van der Waals surface area contributed by atoms with Crippen molar-refractivity contribution in [1.29, 1.82) is 5.26 Å². The van der Waals surface area contributed by atoms with E-state index in [1.165, 1.54) is 16.7 Å². The second-order valence-electron chi connectivity index (χ2n) is 7.31. The minimum absolute atomic E-state index is 0.529. The molecule has 1 saturated heterocycles. The van der Waals surface area contributed by atoms with Crippen LogP contribution in [0.4, 0.5) is 11.4 Å². The molecule has 0 atom stereocenters. The predicted molar refractivity (Wildman–Crippen MR) is 120 cm³/mol. The molecule has 4 nitrogen and oxygen atoms in total. The van der Waals surface area contributed by atoms with Crippen LogP contribution in [-0.2, 0) is 6.54 Å². The van der Waals surface area contributed by atoms with Crippen molar-refractivity contribution < 1.29 is 0 Å². The predicted octanol–water partition coefficient (Wildman–Crippen LogP) is 4.78. The third-order valence-corrected chi connectivity index (χ3v) is 5.67. The monoisotopic (exact) mass is 402 g/mol. The highest BCUT2D eigenvalue weighted by Gasteiger charge is 2.19. The number of benzene rings is 3. The van der Waals surface area contributed by atoms with Gasteiger partial charge in [0.2, 0.25) is 0 Å². The van der Waals surface area contributed by atoms with Gasteiger partial charge in [-0.3, -0.25) is 4.90 Å². The van der Waals surface area contributed by atoms with E-state index in [9.17, 15) is 0 Å². The molecule has 4 rings (SSSR count). The number of halogens is 1. The summed E-state index contributed by atoms with van der Waals surface area (Å²) < 4.78 is 0. The average molecular weight is 403 g/mol. The molecule has 3 aromatic carbocycles. The minimum atomic E-state index is 0.529. The lowest BCUT2D eigenvalue weighted by atomic mass is 9.99. The molecule has 0 aromatic heterocycles. The molecule has 1 heterocycles. The first-order chi connectivity index (χ1) is 14.1. The van der Waals surface area contributed by atoms with E-state index in [2.05, 4.69) is 52.3 Å². The first kappa shape index (κ1) is 19.3. The van der Waals surface area contributed by atoms with Crippen LogP contribution < -0.4 is 10.6 Å². The van der Waals surface area contributed by atoms with Gasteiger partial charge in [0, 0.05) is 43.4 Å². The number of hydrogen-bond acceptors (Lipinski definition) is 4. The van der Waals surface area contributed by atoms with Crippen molar-refractivity contribution >= 4 is 23.0 Å². The first-order valence-electron chi connectivity index (χ1n) is 9.75. The summed E-state index contributed by atoms with van der Waals surface area (Å²) in [6.07, 6.45) is 0. The van der Waals surface area contributed by atoms with Gasteiger partial charge in [0.15, 0.2) is 0 Å². The number of nitrogens with zero attached hydrogens (tertiary/aromatic N) is 3. The second-order valence-corrected chi connectivity index (χ2v) is 7.75. The van der Waals surface area contributed by atoms with E-state index in [-0.39, 0.29) is 0 Å². The summed E-state index contributed by atoms with van der Waals surface area (Å²) >= 11 is 6.30. The van der Waals surface area contributed by atoms with Crippen LogP contribution in [0.2, 0.25) is 5.02 Å². The Kier molecular flexibility index (Phi) is 5.71. The lowest BCUT2D eigenvalue weighted by molar-refractivity contribution is 0.250. The van der Waals surface area contributed by atoms with Crippen molar-refractivity contribution in [3.63, 3.8) is 0 Å². The SMILES string of the molecule is N#Cc1ccc(N2CCN(Cc3cc(Cl)ccc3-c3ccccc3)CC2)cc1N. The topological polar surface area (TPSA) is 56.3 Å². The van der Waals surface area contributed by atoms with Gasteiger partial charge in [-0.15, -0.1) is 0 Å². The first-order valence-corrected chi connectivity index (χ1v) is 10.1. The van der Waals surface area contributed by atoms with Crippen molar-refractivity contribution in [3.05, 3.63) is 82.9 Å². The van der Waals surface area contributed by atoms with Crippen LogP contribution in [0.15, 0.2) is 66.7 Å². The summed E-state index contributed by atoms with van der Waals surface area (Å²) in [5.74, 6) is 0. The van der Waals surface area contributed by atoms with Crippen molar-refractivity contribution in [2.24, 2.45) is 0 Å². The molecule has 1 aliphatic heterocycles. The quantitative estimate of drug-likeness (QED) is 0.638. The maximum Gasteiger partial charge on any atom is 0.101 e. The van der Waals surface area contributed by atoms with Crippen molar-refractivity contribution in [3.8, 4) is 17.2 Å². The molecule has 3 aromatic rings. The Hall–Kier alpha value is -3.00. The Morgan fingerprint density at radius 1 is 0.931 bits per heavy atom. The molecular formula is C24H23ClN4. The molecule has 1 aliphatic rings. The molecule has 0 radical (unpaired) electrons. The zero-order valence-electron chi connectivity index (χ0n) is 16.2. The van der Waals surface area contributed by atoms with E-state index >= 15 is 0 Å². The second kappa shape index (κ2) is 8.57. The molecular weight excluding hydrogens is 380 g/mol. The van der Waals surface area contributed by atoms with Gasteiger partial charge in [-0.25, -0.2) is 0 Å². The van der Waals surface area contributed by atoms with Crippen LogP contribution in [0.3, 0.4) is 0 Å². The van der Waals surface area contributed by atoms with Crippen LogP contribution in [0.1, 0.15) is 11.1 Å². The van der Waals surface area contributed by atoms with Crippen molar-refractivity contribution in [2.45, 2.75) is 6.54 Å². The van der Waals surface area contributed by atoms with E-state index in [4.69, 9.17) is 22.6 Å². The van der Waals surface area contributed by atoms with E-state index < -0.39 is 0 Å². The summed E-state index contributed by atoms with van der Waals surface area (Å²) in [5.41, 5.74) is 11.8. The lowest BCUT2D eigenvalue weighted by Crippen LogP contribution is -2.46. The molecule has 0 bridgehead atoms. The molecule has 0 spiro atoms. The molecule has 1 fully saturated rings. The summed E-state index contributed by atoms with van der Waals surface area (Å²) in [6.45, 7) is 4.63. The Balaban J connectivity index is 1.46. The normalized spacial score (nSPS) is 14.6. The van der Waals surface area contributed by atoms with Crippen LogP contribution >= 0.6 is 11.6 Å². The summed E-state index contributed by atoms with van der Waals surface area (Å²) in [4.78, 5) is 4.78. The highest BCUT2D eigenvalue weighted by atomic mass is 35.5. The number of nitrogen functional groups attached to an aromatic ring is 1. The molecule has 2 N–H and O–H groups in total. The molecule has 0 aliphatic carbocycles. The summed E-state index contributed by atoms with van der Waals surface area (Å²) in [6, 6.07) is 24.4. The fraction of sp³-hybridized carbons (Fsp3) is 0.208. The number of piperazine rings is 1. The number of nitrogens with two attached hydrogens (primary N) is 1. The van der Waals surface area contributed by atoms with Crippen LogP contribution in [0, 0.1) is 11.3 Å². The van der Waals surface area contributed by atoms with E-state index in [1.807, 2.05) is 24.3 Å². The van der Waals surface area contributed by atoms with Crippen LogP contribution in [-0.4, -0.2) is 31.1 Å². The minimum Gasteiger partial charge on any atom is -0.398 e. The van der Waals surface area contributed by atoms with Gasteiger partial charge in [-0.2, -0.15) is 5.26 Å². The van der Waals surface area contributed by atoms with Gasteiger partial charge in [0.1, 0.15) is 6.07 Å². The zero-order valence-corrected chi connectivity index (χ0v) is 16.9. The summed E-state index contributed by atoms with van der Waals surface area (Å²) in [7, 11) is 0. The molecule has 0 unspecified atom stereocenters. The maximum absolute atomic E-state index is 9.06. The third-order valence-electron chi connectivity index (χ3n) is 5.44. The Bertz CT molecular complexity index is 1030. The van der Waals surface area contributed by atoms with Gasteiger partial charge >= 0.3 is 0 Å². The molecule has 5 heteroatoms. The molecule has 0 saturated carbocycles. The smallest absolute Gasteiger partial charge is 0.101 e. The fourth-order valence-electron chi connectivity index (χ4n) is 3.85. The Morgan fingerprint density at radius 3 is 2.38 bits per heavy atom. The van der Waals surface area contributed by atoms with Gasteiger partial charge in [-0.1, -0.05) is 48.0 Å².